The fourth-order valence-electron chi connectivity index (χ4n) is 4.70. The number of anilines is 2. The number of morpholine rings is 1. The maximum Gasteiger partial charge on any atom is 0.319 e. The number of hydrogen-bond donors (Lipinski definition) is 2. The number of amides is 2. The molecule has 3 aliphatic rings. The molecule has 9 nitrogen and oxygen atoms in total. The number of rotatable bonds is 4. The SMILES string of the molecule is CC1c2c(N3CCOC[C@@H]3C)nc(-c3ccc(NC(=O)NC4CC4)cc3)nc2C(C)(C)S1(=O)=O. The maximum absolute atomic E-state index is 13.3. The Hall–Kier alpha value is -2.72. The molecule has 2 aromatic rings. The van der Waals surface area contributed by atoms with Gasteiger partial charge in [0.1, 0.15) is 10.6 Å². The summed E-state index contributed by atoms with van der Waals surface area (Å²) in [7, 11) is -3.48. The van der Waals surface area contributed by atoms with Crippen LogP contribution in [0.15, 0.2) is 24.3 Å². The van der Waals surface area contributed by atoms with Gasteiger partial charge in [0, 0.05) is 29.4 Å². The van der Waals surface area contributed by atoms with E-state index in [0.717, 1.165) is 18.4 Å². The highest BCUT2D eigenvalue weighted by Gasteiger charge is 2.53. The summed E-state index contributed by atoms with van der Waals surface area (Å²) in [5.74, 6) is 1.14. The molecule has 1 aromatic carbocycles. The highest BCUT2D eigenvalue weighted by atomic mass is 32.2. The van der Waals surface area contributed by atoms with Gasteiger partial charge in [-0.05, 0) is 64.8 Å². The van der Waals surface area contributed by atoms with E-state index in [2.05, 4.69) is 22.5 Å². The average molecular weight is 486 g/mol. The third kappa shape index (κ3) is 3.82. The highest BCUT2D eigenvalue weighted by Crippen LogP contribution is 2.51. The zero-order chi connectivity index (χ0) is 24.3. The first-order valence-corrected chi connectivity index (χ1v) is 13.3. The number of aromatic nitrogens is 2. The van der Waals surface area contributed by atoms with Crippen LogP contribution in [0.4, 0.5) is 16.3 Å². The van der Waals surface area contributed by atoms with Gasteiger partial charge >= 0.3 is 6.03 Å². The number of hydrogen-bond acceptors (Lipinski definition) is 7. The molecule has 1 aliphatic carbocycles. The molecule has 182 valence electrons. The van der Waals surface area contributed by atoms with E-state index >= 15 is 0 Å². The topological polar surface area (TPSA) is 114 Å². The predicted molar refractivity (Wildman–Crippen MR) is 131 cm³/mol. The Morgan fingerprint density at radius 3 is 2.50 bits per heavy atom. The minimum absolute atomic E-state index is 0.0655. The Morgan fingerprint density at radius 1 is 1.15 bits per heavy atom. The van der Waals surface area contributed by atoms with E-state index in [1.165, 1.54) is 0 Å². The number of ether oxygens (including phenoxy) is 1. The first-order chi connectivity index (χ1) is 16.1. The molecule has 1 saturated heterocycles. The first kappa shape index (κ1) is 23.0. The van der Waals surface area contributed by atoms with Crippen molar-refractivity contribution in [2.24, 2.45) is 0 Å². The Bertz CT molecular complexity index is 1220. The van der Waals surface area contributed by atoms with Gasteiger partial charge < -0.3 is 20.3 Å². The van der Waals surface area contributed by atoms with Crippen molar-refractivity contribution in [3.63, 3.8) is 0 Å². The van der Waals surface area contributed by atoms with Crippen LogP contribution >= 0.6 is 0 Å². The van der Waals surface area contributed by atoms with E-state index in [0.29, 0.717) is 48.3 Å². The second-order valence-electron chi connectivity index (χ2n) is 9.90. The van der Waals surface area contributed by atoms with Gasteiger partial charge in [-0.15, -0.1) is 0 Å². The third-order valence-electron chi connectivity index (χ3n) is 7.03. The van der Waals surface area contributed by atoms with Crippen LogP contribution in [0, 0.1) is 0 Å². The van der Waals surface area contributed by atoms with Gasteiger partial charge in [0.15, 0.2) is 15.7 Å². The summed E-state index contributed by atoms with van der Waals surface area (Å²) < 4.78 is 31.1. The molecule has 1 aromatic heterocycles. The second kappa shape index (κ2) is 8.20. The van der Waals surface area contributed by atoms with Crippen LogP contribution in [0.1, 0.15) is 57.0 Å². The molecule has 0 bridgehead atoms. The van der Waals surface area contributed by atoms with Crippen molar-refractivity contribution in [1.82, 2.24) is 15.3 Å². The summed E-state index contributed by atoms with van der Waals surface area (Å²) in [4.78, 5) is 23.9. The van der Waals surface area contributed by atoms with Gasteiger partial charge in [-0.25, -0.2) is 23.2 Å². The van der Waals surface area contributed by atoms with Crippen LogP contribution in [-0.2, 0) is 19.3 Å². The van der Waals surface area contributed by atoms with Crippen molar-refractivity contribution >= 4 is 27.4 Å². The Labute approximate surface area is 200 Å². The monoisotopic (exact) mass is 485 g/mol. The lowest BCUT2D eigenvalue weighted by molar-refractivity contribution is 0.0984. The van der Waals surface area contributed by atoms with Gasteiger partial charge in [0.2, 0.25) is 0 Å². The number of urea groups is 1. The lowest BCUT2D eigenvalue weighted by Crippen LogP contribution is -2.44. The standard InChI is InChI=1S/C24H31N5O4S/c1-14-13-33-12-11-29(14)22-19-15(2)34(31,32)24(3,4)20(19)27-21(28-22)16-5-7-17(8-6-16)25-23(30)26-18-9-10-18/h5-8,14-15,18H,9-13H2,1-4H3,(H2,25,26,30)/t14-,15?/m0/s1. The molecule has 2 N–H and O–H groups in total. The zero-order valence-electron chi connectivity index (χ0n) is 20.0. The molecule has 34 heavy (non-hydrogen) atoms. The number of nitrogens with one attached hydrogen (secondary N) is 2. The molecule has 2 amide bonds. The number of carbonyl (C=O) groups is 1. The summed E-state index contributed by atoms with van der Waals surface area (Å²) in [5.41, 5.74) is 2.68. The number of sulfone groups is 1. The van der Waals surface area contributed by atoms with E-state index < -0.39 is 19.8 Å². The highest BCUT2D eigenvalue weighted by molar-refractivity contribution is 7.92. The van der Waals surface area contributed by atoms with Crippen molar-refractivity contribution in [2.45, 2.75) is 62.6 Å². The summed E-state index contributed by atoms with van der Waals surface area (Å²) in [6.07, 6.45) is 2.05. The number of benzene rings is 1. The molecular formula is C24H31N5O4S. The largest absolute Gasteiger partial charge is 0.377 e. The van der Waals surface area contributed by atoms with E-state index in [1.54, 1.807) is 32.9 Å². The van der Waals surface area contributed by atoms with E-state index in [1.807, 2.05) is 12.1 Å². The molecule has 1 saturated carbocycles. The lowest BCUT2D eigenvalue weighted by atomic mass is 10.0. The Kier molecular flexibility index (Phi) is 5.55. The van der Waals surface area contributed by atoms with Crippen LogP contribution in [-0.4, -0.2) is 56.3 Å². The molecule has 2 atom stereocenters. The van der Waals surface area contributed by atoms with Gasteiger partial charge in [0.25, 0.3) is 0 Å². The van der Waals surface area contributed by atoms with Gasteiger partial charge in [-0.1, -0.05) is 0 Å². The van der Waals surface area contributed by atoms with Crippen molar-refractivity contribution in [2.75, 3.05) is 30.0 Å². The number of fused-ring (bicyclic) bond motifs is 1. The van der Waals surface area contributed by atoms with Gasteiger partial charge in [0.05, 0.1) is 30.2 Å². The van der Waals surface area contributed by atoms with Crippen molar-refractivity contribution < 1.29 is 17.9 Å². The van der Waals surface area contributed by atoms with E-state index in [-0.39, 0.29) is 18.1 Å². The minimum Gasteiger partial charge on any atom is -0.377 e. The van der Waals surface area contributed by atoms with E-state index in [9.17, 15) is 13.2 Å². The lowest BCUT2D eigenvalue weighted by Gasteiger charge is -2.36. The summed E-state index contributed by atoms with van der Waals surface area (Å²) in [6.45, 7) is 8.98. The van der Waals surface area contributed by atoms with Crippen LogP contribution in [0.5, 0.6) is 0 Å². The Morgan fingerprint density at radius 2 is 1.85 bits per heavy atom. The number of carbonyl (C=O) groups excluding carboxylic acids is 1. The Balaban J connectivity index is 1.55. The van der Waals surface area contributed by atoms with Crippen LogP contribution in [0.2, 0.25) is 0 Å². The summed E-state index contributed by atoms with van der Waals surface area (Å²) in [5, 5.41) is 5.05. The smallest absolute Gasteiger partial charge is 0.319 e. The van der Waals surface area contributed by atoms with Gasteiger partial charge in [-0.3, -0.25) is 0 Å². The fourth-order valence-corrected chi connectivity index (χ4v) is 6.53. The zero-order valence-corrected chi connectivity index (χ0v) is 20.8. The summed E-state index contributed by atoms with van der Waals surface area (Å²) in [6, 6.07) is 7.44. The van der Waals surface area contributed by atoms with E-state index in [4.69, 9.17) is 14.7 Å². The molecule has 2 aliphatic heterocycles. The molecular weight excluding hydrogens is 454 g/mol. The molecule has 0 spiro atoms. The van der Waals surface area contributed by atoms with Crippen molar-refractivity contribution in [3.05, 3.63) is 35.5 Å². The number of nitrogens with zero attached hydrogens (tertiary/aromatic N) is 3. The molecule has 3 heterocycles. The van der Waals surface area contributed by atoms with Crippen LogP contribution in [0.25, 0.3) is 11.4 Å². The average Bonchev–Trinajstić information content (AvgIpc) is 3.60. The first-order valence-electron chi connectivity index (χ1n) is 11.8. The molecule has 5 rings (SSSR count). The fraction of sp³-hybridized carbons (Fsp3) is 0.542. The van der Waals surface area contributed by atoms with Crippen molar-refractivity contribution in [3.8, 4) is 11.4 Å². The predicted octanol–water partition coefficient (Wildman–Crippen LogP) is 3.38. The molecule has 0 radical (unpaired) electrons. The second-order valence-corrected chi connectivity index (χ2v) is 12.7. The normalized spacial score (nSPS) is 25.0. The minimum atomic E-state index is -3.48. The molecule has 2 fully saturated rings. The van der Waals surface area contributed by atoms with Crippen LogP contribution in [0.3, 0.4) is 0 Å². The van der Waals surface area contributed by atoms with Gasteiger partial charge in [-0.2, -0.15) is 0 Å². The quantitative estimate of drug-likeness (QED) is 0.682. The van der Waals surface area contributed by atoms with Crippen LogP contribution < -0.4 is 15.5 Å². The summed E-state index contributed by atoms with van der Waals surface area (Å²) >= 11 is 0. The maximum atomic E-state index is 13.3. The molecule has 1 unspecified atom stereocenters. The third-order valence-corrected chi connectivity index (χ3v) is 9.81. The van der Waals surface area contributed by atoms with Crippen molar-refractivity contribution in [1.29, 1.82) is 0 Å². The molecule has 10 heteroatoms.